The summed E-state index contributed by atoms with van der Waals surface area (Å²) in [4.78, 5) is 12.3. The number of rotatable bonds is 4. The molecule has 0 N–H and O–H groups in total. The van der Waals surface area contributed by atoms with Crippen LogP contribution in [-0.4, -0.2) is 22.1 Å². The molecule has 3 aromatic heterocycles. The van der Waals surface area contributed by atoms with Crippen molar-refractivity contribution < 1.29 is 22.6 Å². The Morgan fingerprint density at radius 1 is 1.08 bits per heavy atom. The van der Waals surface area contributed by atoms with Crippen molar-refractivity contribution in [3.05, 3.63) is 46.6 Å². The van der Waals surface area contributed by atoms with Crippen LogP contribution in [0.4, 0.5) is 13.2 Å². The number of ether oxygens (including phenoxy) is 2. The Labute approximate surface area is 149 Å². The minimum Gasteiger partial charge on any atom is -0.481 e. The Kier molecular flexibility index (Phi) is 4.78. The number of thiophene rings is 1. The molecule has 0 aliphatic carbocycles. The van der Waals surface area contributed by atoms with Gasteiger partial charge in [0.15, 0.2) is 5.82 Å². The molecule has 10 heteroatoms. The normalized spacial score (nSPS) is 11.4. The van der Waals surface area contributed by atoms with Crippen LogP contribution in [0.15, 0.2) is 36.5 Å². The van der Waals surface area contributed by atoms with Crippen molar-refractivity contribution in [3.63, 3.8) is 0 Å². The van der Waals surface area contributed by atoms with Gasteiger partial charge in [0.1, 0.15) is 11.4 Å². The lowest BCUT2D eigenvalue weighted by atomic mass is 10.3. The quantitative estimate of drug-likeness (QED) is 0.625. The minimum absolute atomic E-state index is 0.0331. The van der Waals surface area contributed by atoms with Crippen LogP contribution in [0.3, 0.4) is 0 Å². The van der Waals surface area contributed by atoms with Gasteiger partial charge in [-0.05, 0) is 18.2 Å². The number of aromatic nitrogens is 3. The van der Waals surface area contributed by atoms with E-state index in [2.05, 4.69) is 15.0 Å². The highest BCUT2D eigenvalue weighted by molar-refractivity contribution is 7.19. The van der Waals surface area contributed by atoms with Gasteiger partial charge >= 0.3 is 6.18 Å². The molecule has 0 amide bonds. The average Bonchev–Trinajstić information content (AvgIpc) is 3.00. The van der Waals surface area contributed by atoms with E-state index in [0.29, 0.717) is 9.21 Å². The lowest BCUT2D eigenvalue weighted by Gasteiger charge is -2.10. The molecule has 3 rings (SSSR count). The highest BCUT2D eigenvalue weighted by Crippen LogP contribution is 2.33. The molecule has 0 aromatic carbocycles. The first-order valence-electron chi connectivity index (χ1n) is 6.75. The third kappa shape index (κ3) is 4.18. The standard InChI is InChI=1S/C15H9ClF3N3O2S/c1-23-12-7-13(22-14(21-12)9-2-3-11(16)25-9)24-8-4-5-20-10(6-8)15(17,18)19/h2-7H,1H3. The first kappa shape index (κ1) is 17.4. The Bertz CT molecular complexity index is 902. The minimum atomic E-state index is -4.57. The van der Waals surface area contributed by atoms with E-state index in [-0.39, 0.29) is 23.3 Å². The fourth-order valence-corrected chi connectivity index (χ4v) is 2.83. The summed E-state index contributed by atoms with van der Waals surface area (Å²) < 4.78 is 49.3. The topological polar surface area (TPSA) is 57.1 Å². The molecule has 130 valence electrons. The van der Waals surface area contributed by atoms with Crippen molar-refractivity contribution in [2.45, 2.75) is 6.18 Å². The molecule has 3 heterocycles. The Morgan fingerprint density at radius 2 is 1.84 bits per heavy atom. The highest BCUT2D eigenvalue weighted by atomic mass is 35.5. The van der Waals surface area contributed by atoms with E-state index in [0.717, 1.165) is 12.3 Å². The van der Waals surface area contributed by atoms with Gasteiger partial charge in [0.25, 0.3) is 0 Å². The molecule has 25 heavy (non-hydrogen) atoms. The molecule has 0 fully saturated rings. The predicted octanol–water partition coefficient (Wildman–Crippen LogP) is 5.07. The first-order chi connectivity index (χ1) is 11.8. The van der Waals surface area contributed by atoms with E-state index in [9.17, 15) is 13.2 Å². The SMILES string of the molecule is COc1cc(Oc2ccnc(C(F)(F)F)c2)nc(-c2ccc(Cl)s2)n1. The van der Waals surface area contributed by atoms with Gasteiger partial charge in [0.2, 0.25) is 11.8 Å². The maximum atomic E-state index is 12.7. The summed E-state index contributed by atoms with van der Waals surface area (Å²) in [5.41, 5.74) is -1.06. The van der Waals surface area contributed by atoms with Crippen molar-refractivity contribution in [2.75, 3.05) is 7.11 Å². The maximum absolute atomic E-state index is 12.7. The average molecular weight is 388 g/mol. The molecule has 5 nitrogen and oxygen atoms in total. The molecule has 0 bridgehead atoms. The van der Waals surface area contributed by atoms with E-state index in [4.69, 9.17) is 21.1 Å². The monoisotopic (exact) mass is 387 g/mol. The van der Waals surface area contributed by atoms with Crippen LogP contribution in [0.25, 0.3) is 10.7 Å². The lowest BCUT2D eigenvalue weighted by molar-refractivity contribution is -0.141. The molecule has 0 saturated carbocycles. The van der Waals surface area contributed by atoms with Gasteiger partial charge in [-0.25, -0.2) is 0 Å². The van der Waals surface area contributed by atoms with Gasteiger partial charge in [-0.1, -0.05) is 11.6 Å². The Morgan fingerprint density at radius 3 is 2.48 bits per heavy atom. The van der Waals surface area contributed by atoms with Crippen LogP contribution in [0.1, 0.15) is 5.69 Å². The van der Waals surface area contributed by atoms with E-state index < -0.39 is 11.9 Å². The third-order valence-corrected chi connectivity index (χ3v) is 4.15. The van der Waals surface area contributed by atoms with Gasteiger partial charge in [0, 0.05) is 12.3 Å². The van der Waals surface area contributed by atoms with E-state index >= 15 is 0 Å². The number of halogens is 4. The first-order valence-corrected chi connectivity index (χ1v) is 7.94. The van der Waals surface area contributed by atoms with Crippen molar-refractivity contribution in [1.29, 1.82) is 0 Å². The van der Waals surface area contributed by atoms with Crippen LogP contribution >= 0.6 is 22.9 Å². The number of pyridine rings is 1. The van der Waals surface area contributed by atoms with Crippen molar-refractivity contribution >= 4 is 22.9 Å². The molecule has 3 aromatic rings. The molecule has 0 spiro atoms. The number of alkyl halides is 3. The van der Waals surface area contributed by atoms with Gasteiger partial charge in [-0.2, -0.15) is 23.1 Å². The zero-order valence-corrected chi connectivity index (χ0v) is 14.1. The van der Waals surface area contributed by atoms with Gasteiger partial charge < -0.3 is 9.47 Å². The Hall–Kier alpha value is -2.39. The summed E-state index contributed by atoms with van der Waals surface area (Å²) in [5.74, 6) is 0.468. The Balaban J connectivity index is 1.95. The highest BCUT2D eigenvalue weighted by Gasteiger charge is 2.32. The summed E-state index contributed by atoms with van der Waals surface area (Å²) in [7, 11) is 1.41. The second-order valence-corrected chi connectivity index (χ2v) is 6.37. The largest absolute Gasteiger partial charge is 0.481 e. The molecular formula is C15H9ClF3N3O2S. The summed E-state index contributed by atoms with van der Waals surface area (Å²) in [5, 5.41) is 0. The second-order valence-electron chi connectivity index (χ2n) is 4.65. The molecule has 0 aliphatic rings. The van der Waals surface area contributed by atoms with E-state index in [1.54, 1.807) is 12.1 Å². The maximum Gasteiger partial charge on any atom is 0.433 e. The van der Waals surface area contributed by atoms with E-state index in [1.807, 2.05) is 0 Å². The number of hydrogen-bond acceptors (Lipinski definition) is 6. The lowest BCUT2D eigenvalue weighted by Crippen LogP contribution is -2.07. The molecular weight excluding hydrogens is 379 g/mol. The van der Waals surface area contributed by atoms with E-state index in [1.165, 1.54) is 30.6 Å². The van der Waals surface area contributed by atoms with Crippen LogP contribution in [0.2, 0.25) is 4.34 Å². The number of methoxy groups -OCH3 is 1. The molecule has 0 radical (unpaired) electrons. The van der Waals surface area contributed by atoms with Crippen LogP contribution in [-0.2, 0) is 6.18 Å². The molecule has 0 atom stereocenters. The molecule has 0 unspecified atom stereocenters. The number of nitrogens with zero attached hydrogens (tertiary/aromatic N) is 3. The van der Waals surface area contributed by atoms with Crippen molar-refractivity contribution in [3.8, 4) is 28.2 Å². The molecule has 0 saturated heterocycles. The van der Waals surface area contributed by atoms with Gasteiger partial charge in [-0.15, -0.1) is 11.3 Å². The smallest absolute Gasteiger partial charge is 0.433 e. The fourth-order valence-electron chi connectivity index (χ4n) is 1.86. The third-order valence-electron chi connectivity index (χ3n) is 2.93. The summed E-state index contributed by atoms with van der Waals surface area (Å²) in [6.45, 7) is 0. The summed E-state index contributed by atoms with van der Waals surface area (Å²) >= 11 is 7.15. The van der Waals surface area contributed by atoms with Crippen LogP contribution < -0.4 is 9.47 Å². The van der Waals surface area contributed by atoms with Crippen LogP contribution in [0, 0.1) is 0 Å². The van der Waals surface area contributed by atoms with Crippen LogP contribution in [0.5, 0.6) is 17.5 Å². The van der Waals surface area contributed by atoms with Crippen molar-refractivity contribution in [2.24, 2.45) is 0 Å². The fraction of sp³-hybridized carbons (Fsp3) is 0.133. The summed E-state index contributed by atoms with van der Waals surface area (Å²) in [6, 6.07) is 6.86. The predicted molar refractivity (Wildman–Crippen MR) is 86.2 cm³/mol. The van der Waals surface area contributed by atoms with Gasteiger partial charge in [-0.3, -0.25) is 4.98 Å². The molecule has 0 aliphatic heterocycles. The van der Waals surface area contributed by atoms with Crippen molar-refractivity contribution in [1.82, 2.24) is 15.0 Å². The van der Waals surface area contributed by atoms with Gasteiger partial charge in [0.05, 0.1) is 22.4 Å². The zero-order chi connectivity index (χ0) is 18.0. The zero-order valence-electron chi connectivity index (χ0n) is 12.5. The second kappa shape index (κ2) is 6.85. The summed E-state index contributed by atoms with van der Waals surface area (Å²) in [6.07, 6.45) is -3.56. The number of hydrogen-bond donors (Lipinski definition) is 0.